The van der Waals surface area contributed by atoms with Crippen LogP contribution in [-0.2, 0) is 37.9 Å². The lowest BCUT2D eigenvalue weighted by molar-refractivity contribution is -0.0284. The highest BCUT2D eigenvalue weighted by Gasteiger charge is 2.26. The number of epoxide rings is 2. The third kappa shape index (κ3) is 9.28. The lowest BCUT2D eigenvalue weighted by Gasteiger charge is -2.15. The second-order valence-corrected chi connectivity index (χ2v) is 5.76. The second-order valence-electron chi connectivity index (χ2n) is 5.76. The van der Waals surface area contributed by atoms with Crippen molar-refractivity contribution in [1.29, 1.82) is 0 Å². The molecule has 2 saturated heterocycles. The molecule has 4 atom stereocenters. The number of hydrogen-bond donors (Lipinski definition) is 0. The molecule has 0 saturated carbocycles. The van der Waals surface area contributed by atoms with E-state index >= 15 is 0 Å². The fourth-order valence-corrected chi connectivity index (χ4v) is 1.53. The molecule has 0 aliphatic carbocycles. The van der Waals surface area contributed by atoms with Gasteiger partial charge in [-0.05, 0) is 13.8 Å². The summed E-state index contributed by atoms with van der Waals surface area (Å²) in [5, 5.41) is 0. The molecule has 0 amide bonds. The van der Waals surface area contributed by atoms with E-state index in [2.05, 4.69) is 0 Å². The third-order valence-electron chi connectivity index (χ3n) is 3.05. The summed E-state index contributed by atoms with van der Waals surface area (Å²) < 4.78 is 38.6. The smallest absolute Gasteiger partial charge is 0.431 e. The van der Waals surface area contributed by atoms with Gasteiger partial charge in [0.25, 0.3) is 0 Å². The molecule has 2 aliphatic rings. The summed E-state index contributed by atoms with van der Waals surface area (Å²) in [5.41, 5.74) is 0. The van der Waals surface area contributed by atoms with Gasteiger partial charge in [-0.1, -0.05) is 0 Å². The summed E-state index contributed by atoms with van der Waals surface area (Å²) >= 11 is 0. The Morgan fingerprint density at radius 3 is 1.50 bits per heavy atom. The van der Waals surface area contributed by atoms with Gasteiger partial charge in [-0.3, -0.25) is 0 Å². The zero-order valence-electron chi connectivity index (χ0n) is 14.5. The fraction of sp³-hybridized carbons (Fsp3) is 0.800. The van der Waals surface area contributed by atoms with E-state index in [-0.39, 0.29) is 38.6 Å². The summed E-state index contributed by atoms with van der Waals surface area (Å²) in [6.07, 6.45) is -4.30. The van der Waals surface area contributed by atoms with Crippen LogP contribution in [0.1, 0.15) is 13.8 Å². The Kier molecular flexibility index (Phi) is 7.73. The summed E-state index contributed by atoms with van der Waals surface area (Å²) in [7, 11) is 0. The molecule has 11 heteroatoms. The van der Waals surface area contributed by atoms with Gasteiger partial charge in [-0.25, -0.2) is 14.4 Å². The van der Waals surface area contributed by atoms with E-state index in [0.29, 0.717) is 13.2 Å². The van der Waals surface area contributed by atoms with Crippen LogP contribution < -0.4 is 0 Å². The quantitative estimate of drug-likeness (QED) is 0.306. The Morgan fingerprint density at radius 2 is 1.15 bits per heavy atom. The largest absolute Gasteiger partial charge is 0.508 e. The van der Waals surface area contributed by atoms with Gasteiger partial charge in [0.05, 0.1) is 13.2 Å². The standard InChI is InChI=1S/C15H22O11/c1-9(25-14(17)23-7-11-5-19-11)3-21-13(16)22-4-10(2)26-15(18)24-8-12-6-20-12/h9-12H,3-8H2,1-2H3. The van der Waals surface area contributed by atoms with Crippen molar-refractivity contribution in [3.8, 4) is 0 Å². The van der Waals surface area contributed by atoms with Gasteiger partial charge in [0.15, 0.2) is 0 Å². The lowest BCUT2D eigenvalue weighted by atomic mass is 10.4. The summed E-state index contributed by atoms with van der Waals surface area (Å²) in [4.78, 5) is 34.1. The number of ether oxygens (including phenoxy) is 8. The minimum atomic E-state index is -0.990. The first-order chi connectivity index (χ1) is 12.4. The highest BCUT2D eigenvalue weighted by atomic mass is 16.8. The first kappa shape index (κ1) is 20.0. The number of carbonyl (C=O) groups is 3. The molecule has 2 aliphatic heterocycles. The molecule has 2 heterocycles. The number of rotatable bonds is 10. The molecule has 0 N–H and O–H groups in total. The summed E-state index contributed by atoms with van der Waals surface area (Å²) in [6, 6.07) is 0. The number of hydrogen-bond acceptors (Lipinski definition) is 11. The Hall–Kier alpha value is -2.27. The molecule has 0 bridgehead atoms. The molecule has 2 fully saturated rings. The fourth-order valence-electron chi connectivity index (χ4n) is 1.53. The maximum absolute atomic E-state index is 11.4. The van der Waals surface area contributed by atoms with Gasteiger partial charge in [0.2, 0.25) is 0 Å². The van der Waals surface area contributed by atoms with Crippen molar-refractivity contribution in [2.75, 3.05) is 39.6 Å². The number of carbonyl (C=O) groups excluding carboxylic acids is 3. The molecule has 4 unspecified atom stereocenters. The Bertz CT molecular complexity index is 444. The van der Waals surface area contributed by atoms with Crippen molar-refractivity contribution in [3.05, 3.63) is 0 Å². The first-order valence-electron chi connectivity index (χ1n) is 8.12. The van der Waals surface area contributed by atoms with E-state index in [4.69, 9.17) is 37.9 Å². The molecule has 26 heavy (non-hydrogen) atoms. The van der Waals surface area contributed by atoms with Crippen LogP contribution in [0.2, 0.25) is 0 Å². The van der Waals surface area contributed by atoms with Gasteiger partial charge in [-0.2, -0.15) is 0 Å². The Labute approximate surface area is 149 Å². The Morgan fingerprint density at radius 1 is 0.769 bits per heavy atom. The van der Waals surface area contributed by atoms with Crippen LogP contribution in [0.15, 0.2) is 0 Å². The van der Waals surface area contributed by atoms with Crippen molar-refractivity contribution < 1.29 is 52.3 Å². The lowest BCUT2D eigenvalue weighted by Crippen LogP contribution is -2.26. The maximum Gasteiger partial charge on any atom is 0.508 e. The molecule has 2 rings (SSSR count). The van der Waals surface area contributed by atoms with E-state index in [9.17, 15) is 14.4 Å². The van der Waals surface area contributed by atoms with Crippen LogP contribution in [0.4, 0.5) is 14.4 Å². The molecule has 0 aromatic carbocycles. The molecule has 148 valence electrons. The topological polar surface area (TPSA) is 132 Å². The van der Waals surface area contributed by atoms with Crippen LogP contribution in [0.5, 0.6) is 0 Å². The van der Waals surface area contributed by atoms with Crippen LogP contribution in [0, 0.1) is 0 Å². The van der Waals surface area contributed by atoms with Crippen LogP contribution >= 0.6 is 0 Å². The van der Waals surface area contributed by atoms with Gasteiger partial charge in [0.1, 0.15) is 50.8 Å². The van der Waals surface area contributed by atoms with E-state index in [1.807, 2.05) is 0 Å². The highest BCUT2D eigenvalue weighted by Crippen LogP contribution is 2.10. The van der Waals surface area contributed by atoms with Crippen LogP contribution in [0.3, 0.4) is 0 Å². The third-order valence-corrected chi connectivity index (χ3v) is 3.05. The molecule has 0 aromatic heterocycles. The molecular weight excluding hydrogens is 356 g/mol. The molecule has 0 radical (unpaired) electrons. The van der Waals surface area contributed by atoms with Crippen LogP contribution in [-0.4, -0.2) is 82.5 Å². The molecular formula is C15H22O11. The first-order valence-corrected chi connectivity index (χ1v) is 8.12. The average molecular weight is 378 g/mol. The van der Waals surface area contributed by atoms with Gasteiger partial charge in [-0.15, -0.1) is 0 Å². The molecule has 0 aromatic rings. The molecule has 11 nitrogen and oxygen atoms in total. The summed E-state index contributed by atoms with van der Waals surface area (Å²) in [5.74, 6) is 0. The SMILES string of the molecule is CC(COC(=O)OCC(C)OC(=O)OCC1CO1)OC(=O)OCC1CO1. The zero-order valence-corrected chi connectivity index (χ0v) is 14.5. The summed E-state index contributed by atoms with van der Waals surface area (Å²) in [6.45, 7) is 3.99. The van der Waals surface area contributed by atoms with Crippen molar-refractivity contribution in [1.82, 2.24) is 0 Å². The predicted molar refractivity (Wildman–Crippen MR) is 80.6 cm³/mol. The van der Waals surface area contributed by atoms with E-state index < -0.39 is 30.7 Å². The van der Waals surface area contributed by atoms with E-state index in [0.717, 1.165) is 0 Å². The van der Waals surface area contributed by atoms with Crippen LogP contribution in [0.25, 0.3) is 0 Å². The molecule has 0 spiro atoms. The normalized spacial score (nSPS) is 22.4. The van der Waals surface area contributed by atoms with E-state index in [1.54, 1.807) is 0 Å². The maximum atomic E-state index is 11.4. The monoisotopic (exact) mass is 378 g/mol. The minimum absolute atomic E-state index is 0.0624. The van der Waals surface area contributed by atoms with Gasteiger partial charge >= 0.3 is 18.5 Å². The van der Waals surface area contributed by atoms with Gasteiger partial charge < -0.3 is 37.9 Å². The van der Waals surface area contributed by atoms with Crippen molar-refractivity contribution in [2.45, 2.75) is 38.3 Å². The van der Waals surface area contributed by atoms with E-state index in [1.165, 1.54) is 13.8 Å². The average Bonchev–Trinajstić information content (AvgIpc) is 3.48. The Balaban J connectivity index is 1.47. The van der Waals surface area contributed by atoms with Crippen molar-refractivity contribution in [3.63, 3.8) is 0 Å². The van der Waals surface area contributed by atoms with Gasteiger partial charge in [0, 0.05) is 0 Å². The van der Waals surface area contributed by atoms with Crippen molar-refractivity contribution >= 4 is 18.5 Å². The minimum Gasteiger partial charge on any atom is -0.431 e. The zero-order chi connectivity index (χ0) is 18.9. The van der Waals surface area contributed by atoms with Crippen molar-refractivity contribution in [2.24, 2.45) is 0 Å². The highest BCUT2D eigenvalue weighted by molar-refractivity contribution is 5.61. The predicted octanol–water partition coefficient (Wildman–Crippen LogP) is 1.02. The second kappa shape index (κ2) is 10.0.